The van der Waals surface area contributed by atoms with Crippen LogP contribution in [0.5, 0.6) is 11.5 Å². The van der Waals surface area contributed by atoms with Gasteiger partial charge in [-0.3, -0.25) is 4.57 Å². The SMILES string of the molecule is C=CCn1c(COc2ccccc2F)nnc1SCCOc1ccc(S(=O)(=O)N(C)C)cc1. The molecule has 2 aromatic carbocycles. The molecule has 0 atom stereocenters. The lowest BCUT2D eigenvalue weighted by Crippen LogP contribution is -2.22. The lowest BCUT2D eigenvalue weighted by atomic mass is 10.3. The highest BCUT2D eigenvalue weighted by molar-refractivity contribution is 7.99. The van der Waals surface area contributed by atoms with Gasteiger partial charge in [0.25, 0.3) is 0 Å². The van der Waals surface area contributed by atoms with E-state index in [2.05, 4.69) is 16.8 Å². The monoisotopic (exact) mass is 492 g/mol. The summed E-state index contributed by atoms with van der Waals surface area (Å²) in [6.45, 7) is 4.70. The summed E-state index contributed by atoms with van der Waals surface area (Å²) in [5, 5.41) is 9.02. The molecule has 0 bridgehead atoms. The number of benzene rings is 2. The van der Waals surface area contributed by atoms with Crippen molar-refractivity contribution >= 4 is 21.8 Å². The Hall–Kier alpha value is -2.89. The normalized spacial score (nSPS) is 11.5. The zero-order chi connectivity index (χ0) is 23.8. The molecule has 33 heavy (non-hydrogen) atoms. The lowest BCUT2D eigenvalue weighted by molar-refractivity contribution is 0.275. The summed E-state index contributed by atoms with van der Waals surface area (Å²) in [6, 6.07) is 12.5. The van der Waals surface area contributed by atoms with Gasteiger partial charge in [0.15, 0.2) is 22.5 Å². The van der Waals surface area contributed by atoms with Crippen molar-refractivity contribution in [1.29, 1.82) is 0 Å². The molecule has 0 aliphatic carbocycles. The van der Waals surface area contributed by atoms with E-state index >= 15 is 0 Å². The first-order valence-corrected chi connectivity index (χ1v) is 12.4. The zero-order valence-electron chi connectivity index (χ0n) is 18.3. The molecule has 0 aliphatic heterocycles. The average molecular weight is 493 g/mol. The summed E-state index contributed by atoms with van der Waals surface area (Å²) in [7, 11) is -0.500. The standard InChI is InChI=1S/C22H25FN4O4S2/c1-4-13-27-21(16-31-20-8-6-5-7-19(20)23)24-25-22(27)32-15-14-30-17-9-11-18(12-10-17)33(28,29)26(2)3/h4-12H,1,13-16H2,2-3H3. The second kappa shape index (κ2) is 11.3. The average Bonchev–Trinajstić information content (AvgIpc) is 3.18. The van der Waals surface area contributed by atoms with Crippen molar-refractivity contribution in [3.05, 3.63) is 72.8 Å². The number of aromatic nitrogens is 3. The first-order chi connectivity index (χ1) is 15.8. The summed E-state index contributed by atoms with van der Waals surface area (Å²) in [6.07, 6.45) is 1.72. The third-order valence-corrected chi connectivity index (χ3v) is 7.24. The molecule has 0 unspecified atom stereocenters. The van der Waals surface area contributed by atoms with Crippen LogP contribution in [-0.4, -0.2) is 53.9 Å². The van der Waals surface area contributed by atoms with Crippen molar-refractivity contribution in [2.75, 3.05) is 26.5 Å². The summed E-state index contributed by atoms with van der Waals surface area (Å²) in [4.78, 5) is 0.205. The summed E-state index contributed by atoms with van der Waals surface area (Å²) in [5.74, 6) is 1.42. The van der Waals surface area contributed by atoms with Crippen molar-refractivity contribution < 1.29 is 22.3 Å². The van der Waals surface area contributed by atoms with Crippen LogP contribution in [0, 0.1) is 5.82 Å². The largest absolute Gasteiger partial charge is 0.493 e. The Bertz CT molecular complexity index is 1180. The summed E-state index contributed by atoms with van der Waals surface area (Å²) < 4.78 is 52.3. The Kier molecular flexibility index (Phi) is 8.48. The molecule has 0 fully saturated rings. The maximum atomic E-state index is 13.8. The molecule has 0 saturated carbocycles. The highest BCUT2D eigenvalue weighted by Gasteiger charge is 2.17. The number of nitrogens with zero attached hydrogens (tertiary/aromatic N) is 4. The van der Waals surface area contributed by atoms with Gasteiger partial charge in [0.1, 0.15) is 12.4 Å². The van der Waals surface area contributed by atoms with Gasteiger partial charge >= 0.3 is 0 Å². The minimum atomic E-state index is -3.47. The van der Waals surface area contributed by atoms with Crippen LogP contribution in [0.15, 0.2) is 71.2 Å². The molecule has 0 N–H and O–H groups in total. The van der Waals surface area contributed by atoms with Crippen LogP contribution >= 0.6 is 11.8 Å². The maximum Gasteiger partial charge on any atom is 0.242 e. The van der Waals surface area contributed by atoms with E-state index in [4.69, 9.17) is 9.47 Å². The maximum absolute atomic E-state index is 13.8. The molecule has 0 radical (unpaired) electrons. The number of allylic oxidation sites excluding steroid dienone is 1. The fraction of sp³-hybridized carbons (Fsp3) is 0.273. The van der Waals surface area contributed by atoms with Crippen molar-refractivity contribution in [2.45, 2.75) is 23.2 Å². The van der Waals surface area contributed by atoms with Gasteiger partial charge < -0.3 is 9.47 Å². The van der Waals surface area contributed by atoms with E-state index in [0.717, 1.165) is 4.31 Å². The Morgan fingerprint density at radius 2 is 1.85 bits per heavy atom. The van der Waals surface area contributed by atoms with Crippen LogP contribution in [0.1, 0.15) is 5.82 Å². The van der Waals surface area contributed by atoms with Crippen LogP contribution in [0.2, 0.25) is 0 Å². The lowest BCUT2D eigenvalue weighted by Gasteiger charge is -2.12. The Labute approximate surface area is 197 Å². The van der Waals surface area contributed by atoms with E-state index in [-0.39, 0.29) is 17.3 Å². The molecule has 1 heterocycles. The smallest absolute Gasteiger partial charge is 0.242 e. The zero-order valence-corrected chi connectivity index (χ0v) is 20.0. The number of ether oxygens (including phenoxy) is 2. The van der Waals surface area contributed by atoms with Crippen LogP contribution in [0.25, 0.3) is 0 Å². The second-order valence-corrected chi connectivity index (χ2v) is 10.2. The first kappa shape index (κ1) is 24.7. The number of rotatable bonds is 12. The van der Waals surface area contributed by atoms with Gasteiger partial charge in [-0.2, -0.15) is 0 Å². The molecule has 0 saturated heterocycles. The summed E-state index contributed by atoms with van der Waals surface area (Å²) in [5.41, 5.74) is 0. The van der Waals surface area contributed by atoms with E-state index in [1.165, 1.54) is 44.1 Å². The molecule has 176 valence electrons. The Morgan fingerprint density at radius 1 is 1.12 bits per heavy atom. The van der Waals surface area contributed by atoms with E-state index in [9.17, 15) is 12.8 Å². The van der Waals surface area contributed by atoms with Crippen LogP contribution < -0.4 is 9.47 Å². The molecular weight excluding hydrogens is 467 g/mol. The molecule has 8 nitrogen and oxygen atoms in total. The molecule has 3 aromatic rings. The molecule has 1 aromatic heterocycles. The van der Waals surface area contributed by atoms with E-state index < -0.39 is 15.8 Å². The van der Waals surface area contributed by atoms with Crippen molar-refractivity contribution in [3.8, 4) is 11.5 Å². The minimum Gasteiger partial charge on any atom is -0.493 e. The predicted octanol–water partition coefficient (Wildman–Crippen LogP) is 3.60. The molecular formula is C22H25FN4O4S2. The third-order valence-electron chi connectivity index (χ3n) is 4.48. The molecule has 11 heteroatoms. The Balaban J connectivity index is 1.55. The summed E-state index contributed by atoms with van der Waals surface area (Å²) >= 11 is 1.45. The molecule has 3 rings (SSSR count). The van der Waals surface area contributed by atoms with Gasteiger partial charge in [-0.1, -0.05) is 30.0 Å². The first-order valence-electron chi connectivity index (χ1n) is 10.0. The van der Waals surface area contributed by atoms with Crippen LogP contribution in [0.4, 0.5) is 4.39 Å². The predicted molar refractivity (Wildman–Crippen MR) is 124 cm³/mol. The number of hydrogen-bond donors (Lipinski definition) is 0. The number of sulfonamides is 1. The number of hydrogen-bond acceptors (Lipinski definition) is 7. The highest BCUT2D eigenvalue weighted by Crippen LogP contribution is 2.22. The number of thioether (sulfide) groups is 1. The van der Waals surface area contributed by atoms with Gasteiger partial charge in [0, 0.05) is 26.4 Å². The highest BCUT2D eigenvalue weighted by atomic mass is 32.2. The third kappa shape index (κ3) is 6.34. The molecule has 0 spiro atoms. The topological polar surface area (TPSA) is 86.5 Å². The van der Waals surface area contributed by atoms with Gasteiger partial charge in [-0.15, -0.1) is 16.8 Å². The fourth-order valence-electron chi connectivity index (χ4n) is 2.76. The number of halogens is 1. The quantitative estimate of drug-likeness (QED) is 0.217. The van der Waals surface area contributed by atoms with Crippen molar-refractivity contribution in [3.63, 3.8) is 0 Å². The van der Waals surface area contributed by atoms with Crippen molar-refractivity contribution in [1.82, 2.24) is 19.1 Å². The molecule has 0 amide bonds. The van der Waals surface area contributed by atoms with E-state index in [1.54, 1.807) is 36.4 Å². The van der Waals surface area contributed by atoms with Crippen LogP contribution in [-0.2, 0) is 23.2 Å². The van der Waals surface area contributed by atoms with E-state index in [1.807, 2.05) is 4.57 Å². The van der Waals surface area contributed by atoms with Gasteiger partial charge in [-0.05, 0) is 36.4 Å². The van der Waals surface area contributed by atoms with Crippen molar-refractivity contribution in [2.24, 2.45) is 0 Å². The second-order valence-electron chi connectivity index (χ2n) is 6.97. The minimum absolute atomic E-state index is 0.0705. The van der Waals surface area contributed by atoms with E-state index in [0.29, 0.717) is 35.6 Å². The molecule has 0 aliphatic rings. The van der Waals surface area contributed by atoms with Crippen LogP contribution in [0.3, 0.4) is 0 Å². The fourth-order valence-corrected chi connectivity index (χ4v) is 4.45. The van der Waals surface area contributed by atoms with Gasteiger partial charge in [-0.25, -0.2) is 17.1 Å². The number of para-hydroxylation sites is 1. The Morgan fingerprint density at radius 3 is 2.52 bits per heavy atom. The van der Waals surface area contributed by atoms with Gasteiger partial charge in [0.05, 0.1) is 11.5 Å². The van der Waals surface area contributed by atoms with Gasteiger partial charge in [0.2, 0.25) is 10.0 Å².